The van der Waals surface area contributed by atoms with E-state index in [1.165, 1.54) is 12.0 Å². The molecule has 9 heteroatoms. The Morgan fingerprint density at radius 3 is 2.63 bits per heavy atom. The molecule has 0 spiro atoms. The molecule has 0 bridgehead atoms. The summed E-state index contributed by atoms with van der Waals surface area (Å²) in [6.07, 6.45) is 5.12. The van der Waals surface area contributed by atoms with Gasteiger partial charge in [0.2, 0.25) is 11.1 Å². The highest BCUT2D eigenvalue weighted by molar-refractivity contribution is 7.98. The monoisotopic (exact) mass is 534 g/mol. The molecule has 1 aliphatic heterocycles. The lowest BCUT2D eigenvalue weighted by atomic mass is 9.94. The summed E-state index contributed by atoms with van der Waals surface area (Å²) in [5.74, 6) is 2.26. The maximum atomic E-state index is 13.7. The molecule has 1 saturated carbocycles. The molecule has 1 N–H and O–H groups in total. The third-order valence-electron chi connectivity index (χ3n) is 6.89. The lowest BCUT2D eigenvalue weighted by Crippen LogP contribution is -2.32. The zero-order chi connectivity index (χ0) is 26.5. The zero-order valence-corrected chi connectivity index (χ0v) is 22.9. The second-order valence-corrected chi connectivity index (χ2v) is 10.5. The molecule has 1 fully saturated rings. The van der Waals surface area contributed by atoms with Gasteiger partial charge in [0.15, 0.2) is 11.5 Å². The Bertz CT molecular complexity index is 1300. The van der Waals surface area contributed by atoms with Crippen molar-refractivity contribution >= 4 is 23.7 Å². The van der Waals surface area contributed by atoms with Gasteiger partial charge >= 0.3 is 5.97 Å². The molecule has 38 heavy (non-hydrogen) atoms. The summed E-state index contributed by atoms with van der Waals surface area (Å²) >= 11 is 1.56. The summed E-state index contributed by atoms with van der Waals surface area (Å²) in [4.78, 5) is 18.4. The van der Waals surface area contributed by atoms with Gasteiger partial charge in [-0.2, -0.15) is 4.98 Å². The highest BCUT2D eigenvalue weighted by Gasteiger charge is 2.37. The number of hydrogen-bond acceptors (Lipinski definition) is 8. The normalized spacial score (nSPS) is 17.5. The highest BCUT2D eigenvalue weighted by Crippen LogP contribution is 2.40. The quantitative estimate of drug-likeness (QED) is 0.259. The van der Waals surface area contributed by atoms with E-state index in [1.807, 2.05) is 50.2 Å². The molecule has 1 aliphatic carbocycles. The zero-order valence-electron chi connectivity index (χ0n) is 22.1. The van der Waals surface area contributed by atoms with E-state index in [0.29, 0.717) is 40.5 Å². The van der Waals surface area contributed by atoms with Crippen LogP contribution in [0, 0.1) is 0 Å². The van der Waals surface area contributed by atoms with Gasteiger partial charge in [-0.1, -0.05) is 54.6 Å². The van der Waals surface area contributed by atoms with Gasteiger partial charge in [-0.25, -0.2) is 9.48 Å². The first-order chi connectivity index (χ1) is 18.6. The largest absolute Gasteiger partial charge is 0.493 e. The van der Waals surface area contributed by atoms with E-state index >= 15 is 0 Å². The van der Waals surface area contributed by atoms with Crippen molar-refractivity contribution in [3.8, 4) is 11.5 Å². The van der Waals surface area contributed by atoms with Gasteiger partial charge < -0.3 is 19.5 Å². The number of thioether (sulfide) groups is 1. The van der Waals surface area contributed by atoms with Crippen LogP contribution in [0.15, 0.2) is 65.0 Å². The van der Waals surface area contributed by atoms with E-state index in [0.717, 1.165) is 37.0 Å². The minimum atomic E-state index is -0.522. The van der Waals surface area contributed by atoms with E-state index in [9.17, 15) is 4.79 Å². The standard InChI is InChI=1S/C29H34N4O4S/c1-4-36-24-17-21(15-16-23(24)35-3)26-25(27(34)37-22-13-9-6-10-14-22)19(2)30-28-31-29(32-33(26)28)38-18-20-11-7-5-8-12-20/h5,7-8,11-12,15-17,22,26H,4,6,9-10,13-14,18H2,1-3H3,(H,30,31,32). The van der Waals surface area contributed by atoms with E-state index in [4.69, 9.17) is 24.3 Å². The maximum Gasteiger partial charge on any atom is 0.338 e. The molecule has 0 amide bonds. The summed E-state index contributed by atoms with van der Waals surface area (Å²) in [6.45, 7) is 4.32. The number of carbonyl (C=O) groups is 1. The van der Waals surface area contributed by atoms with Crippen LogP contribution in [0.2, 0.25) is 0 Å². The van der Waals surface area contributed by atoms with Gasteiger partial charge in [0.1, 0.15) is 12.1 Å². The van der Waals surface area contributed by atoms with Crippen LogP contribution < -0.4 is 14.8 Å². The molecule has 1 unspecified atom stereocenters. The molecular formula is C29H34N4O4S. The Hall–Kier alpha value is -3.46. The lowest BCUT2D eigenvalue weighted by molar-refractivity contribution is -0.146. The molecule has 2 aromatic carbocycles. The molecule has 3 aromatic rings. The van der Waals surface area contributed by atoms with Crippen LogP contribution in [0.1, 0.15) is 63.1 Å². The molecule has 1 aromatic heterocycles. The number of methoxy groups -OCH3 is 1. The van der Waals surface area contributed by atoms with Crippen LogP contribution in [0.25, 0.3) is 0 Å². The first-order valence-corrected chi connectivity index (χ1v) is 14.2. The van der Waals surface area contributed by atoms with Crippen molar-refractivity contribution in [2.45, 2.75) is 69.0 Å². The van der Waals surface area contributed by atoms with Gasteiger partial charge in [-0.15, -0.1) is 5.10 Å². The fraction of sp³-hybridized carbons (Fsp3) is 0.414. The number of hydrogen-bond donors (Lipinski definition) is 1. The van der Waals surface area contributed by atoms with Crippen LogP contribution in [0.4, 0.5) is 5.95 Å². The first kappa shape index (κ1) is 26.2. The number of rotatable bonds is 9. The van der Waals surface area contributed by atoms with Crippen molar-refractivity contribution in [1.82, 2.24) is 14.8 Å². The van der Waals surface area contributed by atoms with E-state index < -0.39 is 6.04 Å². The predicted octanol–water partition coefficient (Wildman–Crippen LogP) is 6.14. The predicted molar refractivity (Wildman–Crippen MR) is 148 cm³/mol. The lowest BCUT2D eigenvalue weighted by Gasteiger charge is -2.30. The number of aromatic nitrogens is 3. The molecule has 0 radical (unpaired) electrons. The third kappa shape index (κ3) is 5.67. The average molecular weight is 535 g/mol. The molecule has 1 atom stereocenters. The molecule has 0 saturated heterocycles. The van der Waals surface area contributed by atoms with Crippen LogP contribution >= 0.6 is 11.8 Å². The number of benzene rings is 2. The maximum absolute atomic E-state index is 13.7. The molecule has 2 heterocycles. The number of nitrogens with zero attached hydrogens (tertiary/aromatic N) is 3. The summed E-state index contributed by atoms with van der Waals surface area (Å²) in [5.41, 5.74) is 3.28. The number of fused-ring (bicyclic) bond motifs is 1. The highest BCUT2D eigenvalue weighted by atomic mass is 32.2. The smallest absolute Gasteiger partial charge is 0.338 e. The molecule has 8 nitrogen and oxygen atoms in total. The van der Waals surface area contributed by atoms with Gasteiger partial charge in [0.05, 0.1) is 19.3 Å². The summed E-state index contributed by atoms with van der Waals surface area (Å²) in [6, 6.07) is 15.4. The Morgan fingerprint density at radius 1 is 1.11 bits per heavy atom. The summed E-state index contributed by atoms with van der Waals surface area (Å²) < 4.78 is 19.2. The Balaban J connectivity index is 1.51. The summed E-state index contributed by atoms with van der Waals surface area (Å²) in [5, 5.41) is 8.79. The van der Waals surface area contributed by atoms with Crippen molar-refractivity contribution in [3.63, 3.8) is 0 Å². The Kier molecular flexibility index (Phi) is 8.22. The van der Waals surface area contributed by atoms with Crippen LogP contribution in [-0.4, -0.2) is 40.6 Å². The topological polar surface area (TPSA) is 87.5 Å². The van der Waals surface area contributed by atoms with Crippen molar-refractivity contribution in [3.05, 3.63) is 70.9 Å². The molecular weight excluding hydrogens is 500 g/mol. The number of nitrogens with one attached hydrogen (secondary N) is 1. The van der Waals surface area contributed by atoms with Crippen LogP contribution in [0.5, 0.6) is 11.5 Å². The van der Waals surface area contributed by atoms with E-state index in [2.05, 4.69) is 17.4 Å². The number of carbonyl (C=O) groups excluding carboxylic acids is 1. The van der Waals surface area contributed by atoms with Gasteiger partial charge in [-0.3, -0.25) is 0 Å². The molecule has 5 rings (SSSR count). The number of allylic oxidation sites excluding steroid dienone is 1. The number of anilines is 1. The molecule has 2 aliphatic rings. The fourth-order valence-corrected chi connectivity index (χ4v) is 5.80. The fourth-order valence-electron chi connectivity index (χ4n) is 5.02. The van der Waals surface area contributed by atoms with Crippen LogP contribution in [0.3, 0.4) is 0 Å². The number of esters is 1. The van der Waals surface area contributed by atoms with Crippen LogP contribution in [-0.2, 0) is 15.3 Å². The summed E-state index contributed by atoms with van der Waals surface area (Å²) in [7, 11) is 1.62. The minimum absolute atomic E-state index is 0.0545. The SMILES string of the molecule is CCOc1cc(C2C(C(=O)OC3CCCCC3)=C(C)Nc3nc(SCc4ccccc4)nn32)ccc1OC. The van der Waals surface area contributed by atoms with Crippen molar-refractivity contribution in [2.75, 3.05) is 19.0 Å². The third-order valence-corrected chi connectivity index (χ3v) is 7.80. The second kappa shape index (κ2) is 11.9. The van der Waals surface area contributed by atoms with E-state index in [1.54, 1.807) is 23.6 Å². The van der Waals surface area contributed by atoms with Crippen molar-refractivity contribution in [1.29, 1.82) is 0 Å². The Labute approximate surface area is 227 Å². The van der Waals surface area contributed by atoms with Crippen molar-refractivity contribution < 1.29 is 19.0 Å². The molecule has 200 valence electrons. The van der Waals surface area contributed by atoms with Gasteiger partial charge in [-0.05, 0) is 62.8 Å². The minimum Gasteiger partial charge on any atom is -0.493 e. The first-order valence-electron chi connectivity index (χ1n) is 13.2. The number of ether oxygens (including phenoxy) is 3. The second-order valence-electron chi connectivity index (χ2n) is 9.51. The van der Waals surface area contributed by atoms with Gasteiger partial charge in [0.25, 0.3) is 0 Å². The average Bonchev–Trinajstić information content (AvgIpc) is 3.34. The Morgan fingerprint density at radius 2 is 1.89 bits per heavy atom. The van der Waals surface area contributed by atoms with Gasteiger partial charge in [0, 0.05) is 11.4 Å². The van der Waals surface area contributed by atoms with Crippen molar-refractivity contribution in [2.24, 2.45) is 0 Å². The van der Waals surface area contributed by atoms with E-state index in [-0.39, 0.29) is 12.1 Å².